The van der Waals surface area contributed by atoms with Crippen LogP contribution in [0, 0.1) is 5.41 Å². The summed E-state index contributed by atoms with van der Waals surface area (Å²) in [6.07, 6.45) is 3.91. The average molecular weight is 263 g/mol. The second kappa shape index (κ2) is 2.88. The second-order valence-electron chi connectivity index (χ2n) is 5.60. The van der Waals surface area contributed by atoms with Crippen molar-refractivity contribution < 1.29 is 9.90 Å². The Bertz CT molecular complexity index is 672. The number of carboxylic acids is 1. The van der Waals surface area contributed by atoms with Crippen molar-refractivity contribution in [3.8, 4) is 0 Å². The molecule has 0 aliphatic heterocycles. The highest BCUT2D eigenvalue weighted by Gasteiger charge is 2.73. The van der Waals surface area contributed by atoms with Crippen LogP contribution in [0.25, 0.3) is 10.9 Å². The second-order valence-corrected chi connectivity index (χ2v) is 6.04. The molecule has 0 saturated heterocycles. The van der Waals surface area contributed by atoms with Gasteiger partial charge >= 0.3 is 5.97 Å². The molecule has 1 N–H and O–H groups in total. The van der Waals surface area contributed by atoms with E-state index in [0.29, 0.717) is 24.3 Å². The summed E-state index contributed by atoms with van der Waals surface area (Å²) < 4.78 is 1.99. The largest absolute Gasteiger partial charge is 0.481 e. The van der Waals surface area contributed by atoms with Crippen LogP contribution in [-0.4, -0.2) is 20.9 Å². The highest BCUT2D eigenvalue weighted by molar-refractivity contribution is 6.31. The van der Waals surface area contributed by atoms with E-state index in [-0.39, 0.29) is 5.54 Å². The number of aromatic nitrogens is 2. The van der Waals surface area contributed by atoms with E-state index in [1.54, 1.807) is 6.20 Å². The smallest absolute Gasteiger partial charge is 0.309 e. The third kappa shape index (κ3) is 1.03. The minimum Gasteiger partial charge on any atom is -0.481 e. The maximum atomic E-state index is 11.1. The van der Waals surface area contributed by atoms with Gasteiger partial charge < -0.3 is 5.11 Å². The van der Waals surface area contributed by atoms with Crippen molar-refractivity contribution in [3.05, 3.63) is 29.4 Å². The number of benzene rings is 1. The summed E-state index contributed by atoms with van der Waals surface area (Å²) in [6, 6.07) is 5.69. The number of fused-ring (bicyclic) bond motifs is 1. The van der Waals surface area contributed by atoms with Crippen molar-refractivity contribution in [2.45, 2.75) is 24.8 Å². The molecule has 0 unspecified atom stereocenters. The van der Waals surface area contributed by atoms with Crippen molar-refractivity contribution in [2.75, 3.05) is 0 Å². The summed E-state index contributed by atoms with van der Waals surface area (Å²) in [7, 11) is 0. The average Bonchev–Trinajstić information content (AvgIpc) is 2.56. The normalized spacial score (nSPS) is 32.9. The SMILES string of the molecule is O=C(O)C12CC(n3ncc4cc(Cl)ccc43)(C1)C2. The molecule has 4 nitrogen and oxygen atoms in total. The van der Waals surface area contributed by atoms with Gasteiger partial charge in [-0.3, -0.25) is 9.48 Å². The molecule has 5 heteroatoms. The van der Waals surface area contributed by atoms with Gasteiger partial charge in [-0.1, -0.05) is 11.6 Å². The molecule has 1 aromatic carbocycles. The van der Waals surface area contributed by atoms with Crippen LogP contribution in [0.3, 0.4) is 0 Å². The van der Waals surface area contributed by atoms with Crippen LogP contribution in [-0.2, 0) is 10.3 Å². The van der Waals surface area contributed by atoms with Gasteiger partial charge in [-0.25, -0.2) is 0 Å². The Labute approximate surface area is 108 Å². The summed E-state index contributed by atoms with van der Waals surface area (Å²) >= 11 is 5.95. The first kappa shape index (κ1) is 10.4. The number of hydrogen-bond acceptors (Lipinski definition) is 2. The summed E-state index contributed by atoms with van der Waals surface area (Å²) in [5, 5.41) is 15.3. The van der Waals surface area contributed by atoms with Crippen molar-refractivity contribution in [1.29, 1.82) is 0 Å². The monoisotopic (exact) mass is 262 g/mol. The fraction of sp³-hybridized carbons (Fsp3) is 0.385. The van der Waals surface area contributed by atoms with Crippen LogP contribution in [0.4, 0.5) is 0 Å². The zero-order chi connectivity index (χ0) is 12.5. The molecule has 2 bridgehead atoms. The standard InChI is InChI=1S/C13H11ClN2O2/c14-9-1-2-10-8(3-9)4-15-16(10)13-5-12(6-13,7-13)11(17)18/h1-4H,5-7H2,(H,17,18). The van der Waals surface area contributed by atoms with Gasteiger partial charge in [0.2, 0.25) is 0 Å². The minimum atomic E-state index is -0.663. The lowest BCUT2D eigenvalue weighted by Crippen LogP contribution is -2.70. The van der Waals surface area contributed by atoms with Crippen molar-refractivity contribution >= 4 is 28.5 Å². The fourth-order valence-electron chi connectivity index (χ4n) is 3.57. The molecular weight excluding hydrogens is 252 g/mol. The van der Waals surface area contributed by atoms with E-state index in [9.17, 15) is 4.79 Å². The maximum Gasteiger partial charge on any atom is 0.309 e. The molecule has 2 aromatic rings. The molecule has 1 aromatic heterocycles. The molecule has 0 atom stereocenters. The molecule has 3 saturated carbocycles. The molecule has 0 amide bonds. The van der Waals surface area contributed by atoms with Gasteiger partial charge in [0.05, 0.1) is 22.7 Å². The van der Waals surface area contributed by atoms with Crippen molar-refractivity contribution in [3.63, 3.8) is 0 Å². The fourth-order valence-corrected chi connectivity index (χ4v) is 3.75. The Kier molecular flexibility index (Phi) is 1.66. The number of halogens is 1. The van der Waals surface area contributed by atoms with E-state index in [0.717, 1.165) is 10.9 Å². The third-order valence-corrected chi connectivity index (χ3v) is 4.67. The molecule has 3 aliphatic carbocycles. The Morgan fingerprint density at radius 1 is 1.39 bits per heavy atom. The number of carbonyl (C=O) groups is 1. The summed E-state index contributed by atoms with van der Waals surface area (Å²) in [6.45, 7) is 0. The Hall–Kier alpha value is -1.55. The van der Waals surface area contributed by atoms with E-state index < -0.39 is 11.4 Å². The molecule has 0 spiro atoms. The van der Waals surface area contributed by atoms with Gasteiger partial charge in [-0.15, -0.1) is 0 Å². The molecule has 5 rings (SSSR count). The number of hydrogen-bond donors (Lipinski definition) is 1. The van der Waals surface area contributed by atoms with Crippen LogP contribution in [0.5, 0.6) is 0 Å². The van der Waals surface area contributed by atoms with E-state index in [2.05, 4.69) is 5.10 Å². The first-order valence-electron chi connectivity index (χ1n) is 5.92. The van der Waals surface area contributed by atoms with Gasteiger partial charge in [0.15, 0.2) is 0 Å². The van der Waals surface area contributed by atoms with Crippen molar-refractivity contribution in [1.82, 2.24) is 9.78 Å². The lowest BCUT2D eigenvalue weighted by atomic mass is 9.39. The molecule has 1 heterocycles. The van der Waals surface area contributed by atoms with E-state index in [4.69, 9.17) is 16.7 Å². The zero-order valence-corrected chi connectivity index (χ0v) is 10.3. The van der Waals surface area contributed by atoms with Crippen LogP contribution in [0.1, 0.15) is 19.3 Å². The van der Waals surface area contributed by atoms with Crippen LogP contribution < -0.4 is 0 Å². The Morgan fingerprint density at radius 2 is 2.11 bits per heavy atom. The predicted molar refractivity (Wildman–Crippen MR) is 66.6 cm³/mol. The van der Waals surface area contributed by atoms with Gasteiger partial charge in [0.1, 0.15) is 0 Å². The highest BCUT2D eigenvalue weighted by atomic mass is 35.5. The maximum absolute atomic E-state index is 11.1. The van der Waals surface area contributed by atoms with Gasteiger partial charge in [0, 0.05) is 10.4 Å². The highest BCUT2D eigenvalue weighted by Crippen LogP contribution is 2.71. The van der Waals surface area contributed by atoms with Crippen molar-refractivity contribution in [2.24, 2.45) is 5.41 Å². The third-order valence-electron chi connectivity index (χ3n) is 4.44. The molecular formula is C13H11ClN2O2. The van der Waals surface area contributed by atoms with E-state index in [1.165, 1.54) is 0 Å². The number of carboxylic acid groups (broad SMARTS) is 1. The van der Waals surface area contributed by atoms with Crippen LogP contribution >= 0.6 is 11.6 Å². The summed E-state index contributed by atoms with van der Waals surface area (Å²) in [5.41, 5.74) is 0.511. The quantitative estimate of drug-likeness (QED) is 0.905. The Morgan fingerprint density at radius 3 is 2.78 bits per heavy atom. The van der Waals surface area contributed by atoms with Gasteiger partial charge in [-0.05, 0) is 37.5 Å². The van der Waals surface area contributed by atoms with Gasteiger partial charge in [0.25, 0.3) is 0 Å². The van der Waals surface area contributed by atoms with Crippen LogP contribution in [0.2, 0.25) is 5.02 Å². The minimum absolute atomic E-state index is 0.0615. The number of rotatable bonds is 2. The number of aliphatic carboxylic acids is 1. The Balaban J connectivity index is 1.76. The lowest BCUT2D eigenvalue weighted by Gasteiger charge is -2.67. The van der Waals surface area contributed by atoms with E-state index in [1.807, 2.05) is 22.9 Å². The first-order valence-corrected chi connectivity index (χ1v) is 6.30. The zero-order valence-electron chi connectivity index (χ0n) is 9.56. The summed E-state index contributed by atoms with van der Waals surface area (Å²) in [4.78, 5) is 11.1. The van der Waals surface area contributed by atoms with E-state index >= 15 is 0 Å². The molecule has 0 radical (unpaired) electrons. The van der Waals surface area contributed by atoms with Crippen LogP contribution in [0.15, 0.2) is 24.4 Å². The lowest BCUT2D eigenvalue weighted by molar-refractivity contribution is -0.215. The number of nitrogens with zero attached hydrogens (tertiary/aromatic N) is 2. The first-order chi connectivity index (χ1) is 8.55. The topological polar surface area (TPSA) is 55.1 Å². The predicted octanol–water partition coefficient (Wildman–Crippen LogP) is 2.65. The summed E-state index contributed by atoms with van der Waals surface area (Å²) in [5.74, 6) is -0.663. The molecule has 18 heavy (non-hydrogen) atoms. The van der Waals surface area contributed by atoms with Gasteiger partial charge in [-0.2, -0.15) is 5.10 Å². The molecule has 3 aliphatic rings. The molecule has 3 fully saturated rings. The molecule has 92 valence electrons.